The van der Waals surface area contributed by atoms with Gasteiger partial charge in [0.25, 0.3) is 0 Å². The maximum atomic E-state index is 11.7. The summed E-state index contributed by atoms with van der Waals surface area (Å²) in [6.07, 6.45) is 3.59. The van der Waals surface area contributed by atoms with Crippen LogP contribution in [0.3, 0.4) is 0 Å². The van der Waals surface area contributed by atoms with Gasteiger partial charge >= 0.3 is 12.0 Å². The van der Waals surface area contributed by atoms with Crippen LogP contribution in [-0.2, 0) is 9.53 Å². The predicted octanol–water partition coefficient (Wildman–Crippen LogP) is 1.13. The van der Waals surface area contributed by atoms with E-state index < -0.39 is 0 Å². The van der Waals surface area contributed by atoms with E-state index in [9.17, 15) is 9.59 Å². The van der Waals surface area contributed by atoms with E-state index in [1.54, 1.807) is 4.90 Å². The van der Waals surface area contributed by atoms with Gasteiger partial charge < -0.3 is 15.0 Å². The van der Waals surface area contributed by atoms with Crippen molar-refractivity contribution in [2.45, 2.75) is 38.6 Å². The SMILES string of the molecule is CCN(CCC(=O)OC)C(=O)NC1CCC1. The lowest BCUT2D eigenvalue weighted by atomic mass is 9.93. The summed E-state index contributed by atoms with van der Waals surface area (Å²) >= 11 is 0. The molecule has 0 unspecified atom stereocenters. The topological polar surface area (TPSA) is 58.6 Å². The molecule has 1 rings (SSSR count). The van der Waals surface area contributed by atoms with Gasteiger partial charge in [-0.05, 0) is 26.2 Å². The van der Waals surface area contributed by atoms with Crippen molar-refractivity contribution in [1.29, 1.82) is 0 Å². The van der Waals surface area contributed by atoms with Gasteiger partial charge in [-0.15, -0.1) is 0 Å². The van der Waals surface area contributed by atoms with Gasteiger partial charge in [0.05, 0.1) is 13.5 Å². The molecule has 0 radical (unpaired) electrons. The van der Waals surface area contributed by atoms with Crippen LogP contribution in [0.4, 0.5) is 4.79 Å². The van der Waals surface area contributed by atoms with Crippen LogP contribution in [0.1, 0.15) is 32.6 Å². The number of amides is 2. The Balaban J connectivity index is 2.27. The van der Waals surface area contributed by atoms with E-state index in [2.05, 4.69) is 10.1 Å². The molecule has 0 heterocycles. The number of hydrogen-bond acceptors (Lipinski definition) is 3. The van der Waals surface area contributed by atoms with Crippen LogP contribution in [-0.4, -0.2) is 43.1 Å². The summed E-state index contributed by atoms with van der Waals surface area (Å²) in [6.45, 7) is 2.93. The van der Waals surface area contributed by atoms with Gasteiger partial charge in [-0.25, -0.2) is 4.79 Å². The van der Waals surface area contributed by atoms with Crippen LogP contribution < -0.4 is 5.32 Å². The number of ether oxygens (including phenoxy) is 1. The molecule has 0 aromatic rings. The number of esters is 1. The number of rotatable bonds is 5. The summed E-state index contributed by atoms with van der Waals surface area (Å²) in [7, 11) is 1.35. The van der Waals surface area contributed by atoms with Crippen molar-refractivity contribution in [2.75, 3.05) is 20.2 Å². The second kappa shape index (κ2) is 6.35. The number of nitrogens with zero attached hydrogens (tertiary/aromatic N) is 1. The highest BCUT2D eigenvalue weighted by Crippen LogP contribution is 2.18. The summed E-state index contributed by atoms with van der Waals surface area (Å²) in [6, 6.07) is 0.260. The first kappa shape index (κ1) is 12.8. The van der Waals surface area contributed by atoms with Crippen molar-refractivity contribution in [3.05, 3.63) is 0 Å². The molecule has 92 valence electrons. The van der Waals surface area contributed by atoms with E-state index >= 15 is 0 Å². The summed E-state index contributed by atoms with van der Waals surface area (Å²) in [4.78, 5) is 24.3. The van der Waals surface area contributed by atoms with Crippen LogP contribution in [0.25, 0.3) is 0 Å². The molecular formula is C11H20N2O3. The van der Waals surface area contributed by atoms with E-state index in [4.69, 9.17) is 0 Å². The molecular weight excluding hydrogens is 208 g/mol. The Morgan fingerprint density at radius 1 is 1.44 bits per heavy atom. The zero-order valence-electron chi connectivity index (χ0n) is 9.99. The van der Waals surface area contributed by atoms with E-state index in [0.29, 0.717) is 19.1 Å². The third-order valence-corrected chi connectivity index (χ3v) is 2.92. The molecule has 5 nitrogen and oxygen atoms in total. The highest BCUT2D eigenvalue weighted by atomic mass is 16.5. The number of hydrogen-bond donors (Lipinski definition) is 1. The van der Waals surface area contributed by atoms with Gasteiger partial charge in [0, 0.05) is 19.1 Å². The molecule has 2 amide bonds. The molecule has 5 heteroatoms. The molecule has 0 aromatic carbocycles. The van der Waals surface area contributed by atoms with E-state index in [-0.39, 0.29) is 18.4 Å². The molecule has 0 atom stereocenters. The Bertz CT molecular complexity index is 252. The molecule has 1 aliphatic carbocycles. The van der Waals surface area contributed by atoms with Gasteiger partial charge in [-0.2, -0.15) is 0 Å². The molecule has 0 spiro atoms. The molecule has 0 bridgehead atoms. The maximum absolute atomic E-state index is 11.7. The molecule has 1 fully saturated rings. The van der Waals surface area contributed by atoms with Crippen LogP contribution in [0.15, 0.2) is 0 Å². The third-order valence-electron chi connectivity index (χ3n) is 2.92. The minimum Gasteiger partial charge on any atom is -0.469 e. The number of carbonyl (C=O) groups excluding carboxylic acids is 2. The van der Waals surface area contributed by atoms with E-state index in [0.717, 1.165) is 12.8 Å². The van der Waals surface area contributed by atoms with Crippen LogP contribution in [0.2, 0.25) is 0 Å². The Kier molecular flexibility index (Phi) is 5.08. The number of urea groups is 1. The molecule has 0 aliphatic heterocycles. The average molecular weight is 228 g/mol. The van der Waals surface area contributed by atoms with Crippen LogP contribution in [0.5, 0.6) is 0 Å². The van der Waals surface area contributed by atoms with Crippen LogP contribution in [0, 0.1) is 0 Å². The van der Waals surface area contributed by atoms with Crippen molar-refractivity contribution in [1.82, 2.24) is 10.2 Å². The van der Waals surface area contributed by atoms with Crippen molar-refractivity contribution in [3.63, 3.8) is 0 Å². The summed E-state index contributed by atoms with van der Waals surface area (Å²) in [5.74, 6) is -0.283. The van der Waals surface area contributed by atoms with Crippen molar-refractivity contribution >= 4 is 12.0 Å². The van der Waals surface area contributed by atoms with Crippen LogP contribution >= 0.6 is 0 Å². The highest BCUT2D eigenvalue weighted by Gasteiger charge is 2.22. The first-order valence-corrected chi connectivity index (χ1v) is 5.79. The lowest BCUT2D eigenvalue weighted by molar-refractivity contribution is -0.140. The fraction of sp³-hybridized carbons (Fsp3) is 0.818. The second-order valence-corrected chi connectivity index (χ2v) is 3.98. The quantitative estimate of drug-likeness (QED) is 0.718. The zero-order chi connectivity index (χ0) is 12.0. The monoisotopic (exact) mass is 228 g/mol. The number of carbonyl (C=O) groups is 2. The largest absolute Gasteiger partial charge is 0.469 e. The van der Waals surface area contributed by atoms with Crippen molar-refractivity contribution < 1.29 is 14.3 Å². The second-order valence-electron chi connectivity index (χ2n) is 3.98. The van der Waals surface area contributed by atoms with Gasteiger partial charge in [-0.3, -0.25) is 4.79 Å². The summed E-state index contributed by atoms with van der Waals surface area (Å²) in [5.41, 5.74) is 0. The molecule has 16 heavy (non-hydrogen) atoms. The first-order valence-electron chi connectivity index (χ1n) is 5.79. The Hall–Kier alpha value is -1.26. The summed E-state index contributed by atoms with van der Waals surface area (Å²) < 4.78 is 4.54. The minimum atomic E-state index is -0.283. The van der Waals surface area contributed by atoms with Crippen molar-refractivity contribution in [2.24, 2.45) is 0 Å². The maximum Gasteiger partial charge on any atom is 0.317 e. The van der Waals surface area contributed by atoms with E-state index in [1.165, 1.54) is 13.5 Å². The standard InChI is InChI=1S/C11H20N2O3/c1-3-13(8-7-10(14)16-2)11(15)12-9-5-4-6-9/h9H,3-8H2,1-2H3,(H,12,15). The lowest BCUT2D eigenvalue weighted by Gasteiger charge is -2.30. The van der Waals surface area contributed by atoms with Gasteiger partial charge in [0.2, 0.25) is 0 Å². The molecule has 1 aliphatic rings. The molecule has 0 aromatic heterocycles. The summed E-state index contributed by atoms with van der Waals surface area (Å²) in [5, 5.41) is 2.94. The Morgan fingerprint density at radius 3 is 2.56 bits per heavy atom. The number of nitrogens with one attached hydrogen (secondary N) is 1. The Labute approximate surface area is 96.1 Å². The molecule has 0 saturated heterocycles. The fourth-order valence-electron chi connectivity index (χ4n) is 1.55. The van der Waals surface area contributed by atoms with Crippen molar-refractivity contribution in [3.8, 4) is 0 Å². The molecule has 1 saturated carbocycles. The third kappa shape index (κ3) is 3.72. The first-order chi connectivity index (χ1) is 7.67. The zero-order valence-corrected chi connectivity index (χ0v) is 9.99. The lowest BCUT2D eigenvalue weighted by Crippen LogP contribution is -2.47. The van der Waals surface area contributed by atoms with Gasteiger partial charge in [0.15, 0.2) is 0 Å². The van der Waals surface area contributed by atoms with Gasteiger partial charge in [0.1, 0.15) is 0 Å². The fourth-order valence-corrected chi connectivity index (χ4v) is 1.55. The Morgan fingerprint density at radius 2 is 2.12 bits per heavy atom. The highest BCUT2D eigenvalue weighted by molar-refractivity contribution is 5.76. The smallest absolute Gasteiger partial charge is 0.317 e. The molecule has 1 N–H and O–H groups in total. The average Bonchev–Trinajstić information content (AvgIpc) is 2.23. The normalized spacial score (nSPS) is 15.1. The van der Waals surface area contributed by atoms with Gasteiger partial charge in [-0.1, -0.05) is 0 Å². The number of methoxy groups -OCH3 is 1. The minimum absolute atomic E-state index is 0.0731. The van der Waals surface area contributed by atoms with E-state index in [1.807, 2.05) is 6.92 Å². The predicted molar refractivity (Wildman–Crippen MR) is 60.1 cm³/mol.